The van der Waals surface area contributed by atoms with E-state index in [9.17, 15) is 9.59 Å². The van der Waals surface area contributed by atoms with Gasteiger partial charge in [0.15, 0.2) is 0 Å². The number of ether oxygens (including phenoxy) is 1. The van der Waals surface area contributed by atoms with Gasteiger partial charge in [-0.1, -0.05) is 6.07 Å². The molecule has 7 nitrogen and oxygen atoms in total. The molecule has 2 aromatic rings. The Bertz CT molecular complexity index is 912. The van der Waals surface area contributed by atoms with Gasteiger partial charge in [0.2, 0.25) is 5.91 Å². The zero-order chi connectivity index (χ0) is 21.1. The highest BCUT2D eigenvalue weighted by Crippen LogP contribution is 2.26. The van der Waals surface area contributed by atoms with Crippen molar-refractivity contribution in [2.75, 3.05) is 25.0 Å². The van der Waals surface area contributed by atoms with Crippen LogP contribution in [0.4, 0.5) is 10.5 Å². The van der Waals surface area contributed by atoms with Crippen molar-refractivity contribution in [3.63, 3.8) is 0 Å². The Kier molecular flexibility index (Phi) is 5.88. The summed E-state index contributed by atoms with van der Waals surface area (Å²) in [7, 11) is 0. The highest BCUT2D eigenvalue weighted by molar-refractivity contribution is 5.94. The van der Waals surface area contributed by atoms with Gasteiger partial charge in [-0.25, -0.2) is 4.79 Å². The van der Waals surface area contributed by atoms with Gasteiger partial charge in [0.25, 0.3) is 0 Å². The molecule has 2 saturated heterocycles. The van der Waals surface area contributed by atoms with Gasteiger partial charge in [-0.15, -0.1) is 0 Å². The predicted octanol–water partition coefficient (Wildman–Crippen LogP) is 3.37. The van der Waals surface area contributed by atoms with Gasteiger partial charge in [0, 0.05) is 31.4 Å². The van der Waals surface area contributed by atoms with E-state index in [1.807, 2.05) is 43.0 Å². The van der Waals surface area contributed by atoms with Crippen LogP contribution in [0, 0.1) is 13.8 Å². The molecular formula is C23H28N4O3. The molecule has 2 aliphatic rings. The number of nitrogens with one attached hydrogen (secondary N) is 1. The highest BCUT2D eigenvalue weighted by atomic mass is 16.5. The molecule has 2 atom stereocenters. The molecule has 30 heavy (non-hydrogen) atoms. The number of amides is 3. The second-order valence-electron chi connectivity index (χ2n) is 8.09. The van der Waals surface area contributed by atoms with Crippen LogP contribution in [-0.4, -0.2) is 58.5 Å². The number of pyridine rings is 1. The monoisotopic (exact) mass is 408 g/mol. The van der Waals surface area contributed by atoms with Crippen LogP contribution >= 0.6 is 0 Å². The molecule has 1 aromatic carbocycles. The fraction of sp³-hybridized carbons (Fsp3) is 0.435. The van der Waals surface area contributed by atoms with Gasteiger partial charge < -0.3 is 19.9 Å². The lowest BCUT2D eigenvalue weighted by atomic mass is 10.1. The molecule has 3 heterocycles. The lowest BCUT2D eigenvalue weighted by Gasteiger charge is -2.27. The Labute approximate surface area is 177 Å². The highest BCUT2D eigenvalue weighted by Gasteiger charge is 2.43. The third kappa shape index (κ3) is 4.40. The summed E-state index contributed by atoms with van der Waals surface area (Å²) in [5, 5.41) is 2.96. The molecule has 4 rings (SSSR count). The SMILES string of the molecule is Cc1ccc(NC(=O)N2C[C@@H](Oc3cccnc3)C[C@H]2C(=O)N2CCCC2)cc1C. The summed E-state index contributed by atoms with van der Waals surface area (Å²) in [5.41, 5.74) is 3.00. The first kappa shape index (κ1) is 20.2. The number of carbonyl (C=O) groups is 2. The first-order valence-corrected chi connectivity index (χ1v) is 10.5. The van der Waals surface area contributed by atoms with E-state index in [2.05, 4.69) is 10.3 Å². The summed E-state index contributed by atoms with van der Waals surface area (Å²) in [6.45, 7) is 5.92. The van der Waals surface area contributed by atoms with Crippen LogP contribution in [0.5, 0.6) is 5.75 Å². The Morgan fingerprint density at radius 3 is 2.63 bits per heavy atom. The molecule has 0 spiro atoms. The third-order valence-electron chi connectivity index (χ3n) is 5.92. The minimum Gasteiger partial charge on any atom is -0.487 e. The summed E-state index contributed by atoms with van der Waals surface area (Å²) in [6, 6.07) is 8.67. The number of urea groups is 1. The van der Waals surface area contributed by atoms with Crippen LogP contribution in [0.1, 0.15) is 30.4 Å². The van der Waals surface area contributed by atoms with Crippen LogP contribution in [0.15, 0.2) is 42.7 Å². The van der Waals surface area contributed by atoms with Gasteiger partial charge >= 0.3 is 6.03 Å². The number of aryl methyl sites for hydroxylation is 2. The zero-order valence-corrected chi connectivity index (χ0v) is 17.5. The van der Waals surface area contributed by atoms with Crippen molar-refractivity contribution in [2.24, 2.45) is 0 Å². The van der Waals surface area contributed by atoms with E-state index in [4.69, 9.17) is 4.74 Å². The molecule has 2 fully saturated rings. The quantitative estimate of drug-likeness (QED) is 0.842. The molecule has 0 aliphatic carbocycles. The maximum Gasteiger partial charge on any atom is 0.322 e. The number of carbonyl (C=O) groups excluding carboxylic acids is 2. The standard InChI is InChI=1S/C23H28N4O3/c1-16-7-8-18(12-17(16)2)25-23(29)27-15-20(30-19-6-5-9-24-14-19)13-21(27)22(28)26-10-3-4-11-26/h5-9,12,14,20-21H,3-4,10-11,13,15H2,1-2H3,(H,25,29)/t20-,21-/m0/s1. The van der Waals surface area contributed by atoms with Gasteiger partial charge in [0.05, 0.1) is 12.7 Å². The van der Waals surface area contributed by atoms with Crippen molar-refractivity contribution in [3.05, 3.63) is 53.9 Å². The van der Waals surface area contributed by atoms with Crippen molar-refractivity contribution in [3.8, 4) is 5.75 Å². The van der Waals surface area contributed by atoms with E-state index >= 15 is 0 Å². The van der Waals surface area contributed by atoms with Gasteiger partial charge in [-0.05, 0) is 62.1 Å². The average Bonchev–Trinajstić information content (AvgIpc) is 3.41. The summed E-state index contributed by atoms with van der Waals surface area (Å²) >= 11 is 0. The molecule has 2 aliphatic heterocycles. The number of benzene rings is 1. The molecule has 0 radical (unpaired) electrons. The van der Waals surface area contributed by atoms with Crippen LogP contribution in [0.25, 0.3) is 0 Å². The van der Waals surface area contributed by atoms with Crippen LogP contribution < -0.4 is 10.1 Å². The third-order valence-corrected chi connectivity index (χ3v) is 5.92. The molecule has 3 amide bonds. The second kappa shape index (κ2) is 8.73. The molecule has 1 N–H and O–H groups in total. The molecule has 0 bridgehead atoms. The zero-order valence-electron chi connectivity index (χ0n) is 17.5. The smallest absolute Gasteiger partial charge is 0.322 e. The van der Waals surface area contributed by atoms with E-state index in [0.717, 1.165) is 37.2 Å². The Morgan fingerprint density at radius 2 is 1.93 bits per heavy atom. The van der Waals surface area contributed by atoms with E-state index in [0.29, 0.717) is 18.7 Å². The lowest BCUT2D eigenvalue weighted by molar-refractivity contribution is -0.134. The van der Waals surface area contributed by atoms with E-state index in [1.165, 1.54) is 5.56 Å². The number of likely N-dealkylation sites (tertiary alicyclic amines) is 2. The van der Waals surface area contributed by atoms with Gasteiger partial charge in [-0.3, -0.25) is 9.78 Å². The predicted molar refractivity (Wildman–Crippen MR) is 115 cm³/mol. The molecule has 0 saturated carbocycles. The molecule has 158 valence electrons. The number of rotatable bonds is 4. The van der Waals surface area contributed by atoms with Crippen LogP contribution in [-0.2, 0) is 4.79 Å². The Balaban J connectivity index is 1.51. The van der Waals surface area contributed by atoms with Crippen molar-refractivity contribution in [1.29, 1.82) is 0 Å². The molecular weight excluding hydrogens is 380 g/mol. The number of aromatic nitrogens is 1. The largest absolute Gasteiger partial charge is 0.487 e. The maximum atomic E-state index is 13.1. The first-order chi connectivity index (χ1) is 14.5. The normalized spacial score (nSPS) is 21.0. The van der Waals surface area contributed by atoms with Crippen LogP contribution in [0.2, 0.25) is 0 Å². The van der Waals surface area contributed by atoms with Crippen LogP contribution in [0.3, 0.4) is 0 Å². The van der Waals surface area contributed by atoms with Gasteiger partial charge in [-0.2, -0.15) is 0 Å². The second-order valence-corrected chi connectivity index (χ2v) is 8.09. The maximum absolute atomic E-state index is 13.1. The summed E-state index contributed by atoms with van der Waals surface area (Å²) in [6.07, 6.45) is 5.59. The van der Waals surface area contributed by atoms with E-state index < -0.39 is 6.04 Å². The topological polar surface area (TPSA) is 74.8 Å². The average molecular weight is 409 g/mol. The Hall–Kier alpha value is -3.09. The number of hydrogen-bond donors (Lipinski definition) is 1. The summed E-state index contributed by atoms with van der Waals surface area (Å²) < 4.78 is 6.03. The molecule has 0 unspecified atom stereocenters. The fourth-order valence-electron chi connectivity index (χ4n) is 4.11. The van der Waals surface area contributed by atoms with Crippen molar-refractivity contribution >= 4 is 17.6 Å². The molecule has 1 aromatic heterocycles. The van der Waals surface area contributed by atoms with Crippen molar-refractivity contribution < 1.29 is 14.3 Å². The number of nitrogens with zero attached hydrogens (tertiary/aromatic N) is 3. The fourth-order valence-corrected chi connectivity index (χ4v) is 4.11. The minimum absolute atomic E-state index is 0.0139. The summed E-state index contributed by atoms with van der Waals surface area (Å²) in [5.74, 6) is 0.659. The number of anilines is 1. The summed E-state index contributed by atoms with van der Waals surface area (Å²) in [4.78, 5) is 33.8. The van der Waals surface area contributed by atoms with E-state index in [1.54, 1.807) is 23.4 Å². The Morgan fingerprint density at radius 1 is 1.13 bits per heavy atom. The molecule has 7 heteroatoms. The van der Waals surface area contributed by atoms with Crippen molar-refractivity contribution in [2.45, 2.75) is 45.3 Å². The van der Waals surface area contributed by atoms with E-state index in [-0.39, 0.29) is 18.0 Å². The lowest BCUT2D eigenvalue weighted by Crippen LogP contribution is -2.48. The number of hydrogen-bond acceptors (Lipinski definition) is 4. The van der Waals surface area contributed by atoms with Gasteiger partial charge in [0.1, 0.15) is 17.9 Å². The first-order valence-electron chi connectivity index (χ1n) is 10.5. The van der Waals surface area contributed by atoms with Crippen molar-refractivity contribution in [1.82, 2.24) is 14.8 Å². The minimum atomic E-state index is -0.517.